The Balaban J connectivity index is 0.000000150. The second-order valence-corrected chi connectivity index (χ2v) is 22.4. The van der Waals surface area contributed by atoms with Gasteiger partial charge in [-0.05, 0) is 114 Å². The molecule has 6 aliphatic rings. The van der Waals surface area contributed by atoms with Gasteiger partial charge in [0.05, 0.1) is 0 Å². The summed E-state index contributed by atoms with van der Waals surface area (Å²) < 4.78 is 52.5. The SMILES string of the molecule is C=CS(=O)(=O)N1CCC2(CC1)N=C(C1CCCCC1)NC2=O.Cc1cc2c(/C=C/S(=O)(=O)N3CCC4(CC3)N=C(C3CCCCC3)NC4=O)cccc2[nH]1.Cc1cc2c(C)cccc2[nH]1. The van der Waals surface area contributed by atoms with Crippen molar-refractivity contribution in [3.8, 4) is 0 Å². The van der Waals surface area contributed by atoms with Crippen molar-refractivity contribution in [1.82, 2.24) is 29.2 Å². The topological polar surface area (TPSA) is 189 Å². The molecule has 0 atom stereocenters. The zero-order valence-electron chi connectivity index (χ0n) is 38.0. The number of amidine groups is 2. The Hall–Kier alpha value is -4.90. The van der Waals surface area contributed by atoms with Crippen LogP contribution >= 0.6 is 0 Å². The predicted octanol–water partition coefficient (Wildman–Crippen LogP) is 7.91. The highest BCUT2D eigenvalue weighted by Crippen LogP contribution is 2.37. The maximum Gasteiger partial charge on any atom is 0.253 e. The first-order chi connectivity index (χ1) is 31.1. The number of carbonyl (C=O) groups excluding carboxylic acids is 2. The number of sulfonamides is 2. The fourth-order valence-electron chi connectivity index (χ4n) is 10.4. The Bertz CT molecular complexity index is 2740. The summed E-state index contributed by atoms with van der Waals surface area (Å²) in [6.45, 7) is 10.8. The van der Waals surface area contributed by atoms with E-state index in [-0.39, 0.29) is 11.8 Å². The second kappa shape index (κ2) is 19.1. The molecule has 0 bridgehead atoms. The van der Waals surface area contributed by atoms with Crippen molar-refractivity contribution >= 4 is 71.4 Å². The van der Waals surface area contributed by atoms with E-state index in [0.29, 0.717) is 63.7 Å². The highest BCUT2D eigenvalue weighted by atomic mass is 32.2. The summed E-state index contributed by atoms with van der Waals surface area (Å²) in [6, 6.07) is 16.3. The highest BCUT2D eigenvalue weighted by molar-refractivity contribution is 7.92. The van der Waals surface area contributed by atoms with Gasteiger partial charge < -0.3 is 20.6 Å². The smallest absolute Gasteiger partial charge is 0.253 e. The molecule has 2 saturated heterocycles. The molecule has 14 nitrogen and oxygen atoms in total. The van der Waals surface area contributed by atoms with Gasteiger partial charge in [0.25, 0.3) is 11.8 Å². The maximum absolute atomic E-state index is 13.0. The van der Waals surface area contributed by atoms with Gasteiger partial charge in [-0.2, -0.15) is 8.61 Å². The van der Waals surface area contributed by atoms with Gasteiger partial charge in [-0.15, -0.1) is 0 Å². The number of hydrogen-bond acceptors (Lipinski definition) is 8. The Morgan fingerprint density at radius 1 is 0.631 bits per heavy atom. The van der Waals surface area contributed by atoms with Crippen molar-refractivity contribution in [2.24, 2.45) is 21.8 Å². The molecule has 0 unspecified atom stereocenters. The molecular formula is C49H64N8O6S2. The molecular weight excluding hydrogens is 861 g/mol. The van der Waals surface area contributed by atoms with E-state index in [4.69, 9.17) is 9.98 Å². The average molecular weight is 925 g/mol. The number of nitrogens with one attached hydrogen (secondary N) is 4. The van der Waals surface area contributed by atoms with Crippen molar-refractivity contribution in [2.45, 2.75) is 122 Å². The molecule has 2 amide bonds. The first kappa shape index (κ1) is 46.6. The number of aromatic amines is 2. The molecule has 2 aromatic carbocycles. The van der Waals surface area contributed by atoms with Gasteiger partial charge in [0.1, 0.15) is 22.7 Å². The number of H-pyrrole nitrogens is 2. The van der Waals surface area contributed by atoms with Crippen LogP contribution in [0.4, 0.5) is 0 Å². The molecule has 2 spiro atoms. The molecule has 4 aromatic rings. The number of hydrogen-bond donors (Lipinski definition) is 4. The molecule has 2 aliphatic carbocycles. The molecule has 65 heavy (non-hydrogen) atoms. The predicted molar refractivity (Wildman–Crippen MR) is 259 cm³/mol. The van der Waals surface area contributed by atoms with Crippen LogP contribution < -0.4 is 10.6 Å². The lowest BCUT2D eigenvalue weighted by atomic mass is 9.88. The highest BCUT2D eigenvalue weighted by Gasteiger charge is 2.49. The lowest BCUT2D eigenvalue weighted by molar-refractivity contribution is -0.125. The minimum atomic E-state index is -3.58. The fourth-order valence-corrected chi connectivity index (χ4v) is 12.5. The lowest BCUT2D eigenvalue weighted by Gasteiger charge is -2.34. The Morgan fingerprint density at radius 3 is 1.55 bits per heavy atom. The van der Waals surface area contributed by atoms with Gasteiger partial charge in [0.15, 0.2) is 0 Å². The van der Waals surface area contributed by atoms with Crippen molar-refractivity contribution in [3.63, 3.8) is 0 Å². The molecule has 10 rings (SSSR count). The minimum absolute atomic E-state index is 0.0521. The third kappa shape index (κ3) is 10.1. The molecule has 4 aliphatic heterocycles. The molecule has 348 valence electrons. The molecule has 4 N–H and O–H groups in total. The van der Waals surface area contributed by atoms with E-state index in [2.05, 4.69) is 65.3 Å². The van der Waals surface area contributed by atoms with Crippen LogP contribution in [0.1, 0.15) is 112 Å². The van der Waals surface area contributed by atoms with Crippen molar-refractivity contribution in [2.75, 3.05) is 26.2 Å². The summed E-state index contributed by atoms with van der Waals surface area (Å²) >= 11 is 0. The van der Waals surface area contributed by atoms with Gasteiger partial charge in [-0.3, -0.25) is 19.6 Å². The maximum atomic E-state index is 13.0. The Labute approximate surface area is 383 Å². The standard InChI is InChI=1S/C24H30N4O3S.C15H23N3O3S.C10H11N/c1-17-16-20-18(8-5-9-21(20)25-17)10-15-32(30,31)28-13-11-24(12-14-28)23(29)26-22(27-24)19-6-3-2-4-7-19;1-2-22(20,21)18-10-8-15(9-11-18)14(19)16-13(17-15)12-6-4-3-5-7-12;1-7-4-3-5-10-9(7)6-8(2)11-10/h5,8-10,15-16,19,25H,2-4,6-7,11-14H2,1H3,(H,26,27,29);2,12H,1,3-11H2,(H,16,17,19);3-6,11H,1-2H3/b15-10+;;. The number of carbonyl (C=O) groups is 2. The van der Waals surface area contributed by atoms with E-state index < -0.39 is 31.1 Å². The van der Waals surface area contributed by atoms with Crippen LogP contribution in [-0.4, -0.2) is 96.2 Å². The monoisotopic (exact) mass is 924 g/mol. The molecule has 2 saturated carbocycles. The van der Waals surface area contributed by atoms with Gasteiger partial charge in [-0.1, -0.05) is 69.4 Å². The number of aryl methyl sites for hydroxylation is 3. The van der Waals surface area contributed by atoms with Crippen LogP contribution in [0, 0.1) is 32.6 Å². The molecule has 6 heterocycles. The number of benzene rings is 2. The third-order valence-electron chi connectivity index (χ3n) is 14.3. The van der Waals surface area contributed by atoms with Gasteiger partial charge >= 0.3 is 0 Å². The summed E-state index contributed by atoms with van der Waals surface area (Å²) in [7, 11) is -6.98. The van der Waals surface area contributed by atoms with E-state index in [1.807, 2.05) is 31.2 Å². The van der Waals surface area contributed by atoms with Crippen LogP contribution in [0.5, 0.6) is 0 Å². The summed E-state index contributed by atoms with van der Waals surface area (Å²) in [5, 5.41) is 10.6. The minimum Gasteiger partial charge on any atom is -0.359 e. The van der Waals surface area contributed by atoms with Gasteiger partial charge in [-0.25, -0.2) is 16.8 Å². The van der Waals surface area contributed by atoms with Gasteiger partial charge in [0.2, 0.25) is 20.0 Å². The summed E-state index contributed by atoms with van der Waals surface area (Å²) in [4.78, 5) is 41.4. The van der Waals surface area contributed by atoms with Gasteiger partial charge in [0, 0.05) is 82.0 Å². The van der Waals surface area contributed by atoms with Crippen molar-refractivity contribution in [3.05, 3.63) is 88.4 Å². The quantitative estimate of drug-likeness (QED) is 0.146. The number of aromatic nitrogens is 2. The number of rotatable bonds is 7. The summed E-state index contributed by atoms with van der Waals surface area (Å²) in [6.07, 6.45) is 15.0. The number of nitrogens with zero attached hydrogens (tertiary/aromatic N) is 4. The van der Waals surface area contributed by atoms with Crippen LogP contribution in [0.15, 0.2) is 75.9 Å². The van der Waals surface area contributed by atoms with E-state index in [9.17, 15) is 26.4 Å². The Kier molecular flexibility index (Phi) is 13.7. The second-order valence-electron chi connectivity index (χ2n) is 18.7. The fraction of sp³-hybridized carbons (Fsp3) is 0.510. The Morgan fingerprint density at radius 2 is 1.08 bits per heavy atom. The number of piperidine rings is 2. The molecule has 16 heteroatoms. The van der Waals surface area contributed by atoms with E-state index in [1.54, 1.807) is 6.08 Å². The largest absolute Gasteiger partial charge is 0.359 e. The van der Waals surface area contributed by atoms with Crippen LogP contribution in [0.25, 0.3) is 27.9 Å². The molecule has 2 aromatic heterocycles. The number of fused-ring (bicyclic) bond motifs is 2. The van der Waals surface area contributed by atoms with E-state index in [0.717, 1.165) is 64.9 Å². The number of aliphatic imine (C=N–C) groups is 2. The normalized spacial score (nSPS) is 22.0. The lowest BCUT2D eigenvalue weighted by Crippen LogP contribution is -2.50. The third-order valence-corrected chi connectivity index (χ3v) is 17.4. The van der Waals surface area contributed by atoms with Crippen LogP contribution in [0.2, 0.25) is 0 Å². The summed E-state index contributed by atoms with van der Waals surface area (Å²) in [5.41, 5.74) is 5.15. The number of amides is 2. The van der Waals surface area contributed by atoms with E-state index in [1.165, 1.54) is 74.7 Å². The average Bonchev–Trinajstić information content (AvgIpc) is 4.07. The molecule has 4 fully saturated rings. The van der Waals surface area contributed by atoms with Crippen LogP contribution in [-0.2, 0) is 29.6 Å². The zero-order valence-corrected chi connectivity index (χ0v) is 39.6. The van der Waals surface area contributed by atoms with Crippen LogP contribution in [0.3, 0.4) is 0 Å². The van der Waals surface area contributed by atoms with Crippen molar-refractivity contribution < 1.29 is 26.4 Å². The first-order valence-corrected chi connectivity index (χ1v) is 26.4. The zero-order chi connectivity index (χ0) is 46.0. The van der Waals surface area contributed by atoms with Crippen molar-refractivity contribution in [1.29, 1.82) is 0 Å². The summed E-state index contributed by atoms with van der Waals surface area (Å²) in [5.74, 6) is 2.28. The first-order valence-electron chi connectivity index (χ1n) is 23.4. The molecule has 0 radical (unpaired) electrons. The van der Waals surface area contributed by atoms with E-state index >= 15 is 0 Å².